The number of nitrogen functional groups attached to an aromatic ring is 1. The van der Waals surface area contributed by atoms with Crippen molar-refractivity contribution in [2.45, 2.75) is 6.61 Å². The van der Waals surface area contributed by atoms with E-state index in [4.69, 9.17) is 15.1 Å². The van der Waals surface area contributed by atoms with Crippen molar-refractivity contribution in [3.63, 3.8) is 0 Å². The number of benzene rings is 1. The predicted octanol–water partition coefficient (Wildman–Crippen LogP) is 1.14. The predicted molar refractivity (Wildman–Crippen MR) is 58.8 cm³/mol. The van der Waals surface area contributed by atoms with Crippen LogP contribution in [0.15, 0.2) is 28.8 Å². The molecule has 0 atom stereocenters. The topological polar surface area (TPSA) is 90.4 Å². The van der Waals surface area contributed by atoms with E-state index in [1.54, 1.807) is 0 Å². The number of carbonyl (C=O) groups is 1. The zero-order chi connectivity index (χ0) is 13.8. The molecule has 19 heavy (non-hydrogen) atoms. The SMILES string of the molecule is NNC(=O)c1cc(COc2ccc(F)c(F)c2)on1. The maximum absolute atomic E-state index is 12.9. The molecule has 1 aromatic heterocycles. The summed E-state index contributed by atoms with van der Waals surface area (Å²) in [5, 5.41) is 3.45. The highest BCUT2D eigenvalue weighted by Crippen LogP contribution is 2.17. The van der Waals surface area contributed by atoms with Gasteiger partial charge in [-0.15, -0.1) is 0 Å². The van der Waals surface area contributed by atoms with Crippen LogP contribution in [0.2, 0.25) is 0 Å². The molecular weight excluding hydrogens is 260 g/mol. The summed E-state index contributed by atoms with van der Waals surface area (Å²) in [6.07, 6.45) is 0. The van der Waals surface area contributed by atoms with Gasteiger partial charge < -0.3 is 9.26 Å². The largest absolute Gasteiger partial charge is 0.485 e. The lowest BCUT2D eigenvalue weighted by Gasteiger charge is -2.03. The number of hydrogen-bond acceptors (Lipinski definition) is 5. The Labute approximate surface area is 106 Å². The number of ether oxygens (including phenoxy) is 1. The van der Waals surface area contributed by atoms with Crippen LogP contribution in [0, 0.1) is 11.6 Å². The molecule has 3 N–H and O–H groups in total. The molecule has 2 rings (SSSR count). The minimum absolute atomic E-state index is 0.00798. The number of aromatic nitrogens is 1. The van der Waals surface area contributed by atoms with E-state index < -0.39 is 17.5 Å². The lowest BCUT2D eigenvalue weighted by molar-refractivity contribution is 0.0944. The molecule has 1 amide bonds. The minimum Gasteiger partial charge on any atom is -0.485 e. The first kappa shape index (κ1) is 13.0. The number of rotatable bonds is 4. The van der Waals surface area contributed by atoms with Crippen molar-refractivity contribution in [1.29, 1.82) is 0 Å². The van der Waals surface area contributed by atoms with Gasteiger partial charge in [0.05, 0.1) is 0 Å². The van der Waals surface area contributed by atoms with Gasteiger partial charge in [0.25, 0.3) is 5.91 Å². The summed E-state index contributed by atoms with van der Waals surface area (Å²) < 4.78 is 35.5. The van der Waals surface area contributed by atoms with E-state index >= 15 is 0 Å². The van der Waals surface area contributed by atoms with Crippen LogP contribution in [0.25, 0.3) is 0 Å². The van der Waals surface area contributed by atoms with Crippen molar-refractivity contribution in [2.75, 3.05) is 0 Å². The lowest BCUT2D eigenvalue weighted by Crippen LogP contribution is -2.30. The number of nitrogens with two attached hydrogens (primary N) is 1. The van der Waals surface area contributed by atoms with E-state index in [2.05, 4.69) is 5.16 Å². The van der Waals surface area contributed by atoms with Crippen LogP contribution in [0.4, 0.5) is 8.78 Å². The molecule has 0 bridgehead atoms. The van der Waals surface area contributed by atoms with Crippen molar-refractivity contribution >= 4 is 5.91 Å². The standard InChI is InChI=1S/C11H9F2N3O3/c12-8-2-1-6(3-9(8)13)18-5-7-4-10(16-19-7)11(17)15-14/h1-4H,5,14H2,(H,15,17). The van der Waals surface area contributed by atoms with Crippen molar-refractivity contribution in [1.82, 2.24) is 10.6 Å². The third kappa shape index (κ3) is 3.05. The Kier molecular flexibility index (Phi) is 3.71. The Morgan fingerprint density at radius 1 is 1.37 bits per heavy atom. The van der Waals surface area contributed by atoms with Gasteiger partial charge in [-0.05, 0) is 12.1 Å². The lowest BCUT2D eigenvalue weighted by atomic mass is 10.3. The Balaban J connectivity index is 2.00. The quantitative estimate of drug-likeness (QED) is 0.493. The van der Waals surface area contributed by atoms with Crippen LogP contribution in [-0.2, 0) is 6.61 Å². The molecule has 100 valence electrons. The summed E-state index contributed by atoms with van der Waals surface area (Å²) in [6, 6.07) is 4.43. The molecule has 0 fully saturated rings. The van der Waals surface area contributed by atoms with E-state index in [1.165, 1.54) is 12.1 Å². The maximum atomic E-state index is 12.9. The average molecular weight is 269 g/mol. The summed E-state index contributed by atoms with van der Waals surface area (Å²) in [5.74, 6) is 2.70. The molecule has 1 heterocycles. The number of hydrogen-bond donors (Lipinski definition) is 2. The first-order chi connectivity index (χ1) is 9.10. The molecule has 0 radical (unpaired) electrons. The zero-order valence-corrected chi connectivity index (χ0v) is 9.52. The summed E-state index contributed by atoms with van der Waals surface area (Å²) in [5.41, 5.74) is 1.88. The Morgan fingerprint density at radius 3 is 2.84 bits per heavy atom. The van der Waals surface area contributed by atoms with Crippen molar-refractivity contribution in [3.05, 3.63) is 47.4 Å². The third-order valence-corrected chi connectivity index (χ3v) is 2.19. The number of amides is 1. The number of carbonyl (C=O) groups excluding carboxylic acids is 1. The van der Waals surface area contributed by atoms with Gasteiger partial charge in [0.2, 0.25) is 0 Å². The van der Waals surface area contributed by atoms with Crippen molar-refractivity contribution in [3.8, 4) is 5.75 Å². The third-order valence-electron chi connectivity index (χ3n) is 2.19. The minimum atomic E-state index is -1.02. The maximum Gasteiger partial charge on any atom is 0.287 e. The molecule has 0 saturated carbocycles. The fraction of sp³-hybridized carbons (Fsp3) is 0.0909. The van der Waals surface area contributed by atoms with Crippen LogP contribution in [0.3, 0.4) is 0 Å². The van der Waals surface area contributed by atoms with E-state index in [-0.39, 0.29) is 23.8 Å². The fourth-order valence-electron chi connectivity index (χ4n) is 1.28. The number of hydrazine groups is 1. The molecule has 1 aromatic carbocycles. The number of nitrogens with zero attached hydrogens (tertiary/aromatic N) is 1. The Hall–Kier alpha value is -2.48. The summed E-state index contributed by atoms with van der Waals surface area (Å²) >= 11 is 0. The summed E-state index contributed by atoms with van der Waals surface area (Å²) in [6.45, 7) is -0.0874. The van der Waals surface area contributed by atoms with Crippen molar-refractivity contribution < 1.29 is 22.8 Å². The van der Waals surface area contributed by atoms with E-state index in [0.717, 1.165) is 12.1 Å². The van der Waals surface area contributed by atoms with E-state index in [1.807, 2.05) is 5.43 Å². The molecule has 0 unspecified atom stereocenters. The second-order valence-electron chi connectivity index (χ2n) is 3.52. The van der Waals surface area contributed by atoms with Crippen LogP contribution < -0.4 is 16.0 Å². The molecule has 0 aliphatic carbocycles. The smallest absolute Gasteiger partial charge is 0.287 e. The Morgan fingerprint density at radius 2 is 2.16 bits per heavy atom. The first-order valence-electron chi connectivity index (χ1n) is 5.14. The summed E-state index contributed by atoms with van der Waals surface area (Å²) in [7, 11) is 0. The van der Waals surface area contributed by atoms with Gasteiger partial charge in [0.1, 0.15) is 12.4 Å². The second-order valence-corrected chi connectivity index (χ2v) is 3.52. The highest BCUT2D eigenvalue weighted by molar-refractivity contribution is 5.91. The van der Waals surface area contributed by atoms with Gasteiger partial charge in [0.15, 0.2) is 23.1 Å². The molecule has 0 aliphatic rings. The molecule has 0 aliphatic heterocycles. The number of halogens is 2. The van der Waals surface area contributed by atoms with Crippen LogP contribution in [-0.4, -0.2) is 11.1 Å². The molecular formula is C11H9F2N3O3. The van der Waals surface area contributed by atoms with Gasteiger partial charge in [-0.2, -0.15) is 0 Å². The highest BCUT2D eigenvalue weighted by Gasteiger charge is 2.11. The van der Waals surface area contributed by atoms with Crippen LogP contribution >= 0.6 is 0 Å². The fourth-order valence-corrected chi connectivity index (χ4v) is 1.28. The normalized spacial score (nSPS) is 10.3. The molecule has 6 nitrogen and oxygen atoms in total. The molecule has 0 saturated heterocycles. The van der Waals surface area contributed by atoms with Gasteiger partial charge >= 0.3 is 0 Å². The van der Waals surface area contributed by atoms with E-state index in [9.17, 15) is 13.6 Å². The zero-order valence-electron chi connectivity index (χ0n) is 9.52. The molecule has 8 heteroatoms. The number of nitrogens with one attached hydrogen (secondary N) is 1. The highest BCUT2D eigenvalue weighted by atomic mass is 19.2. The molecule has 2 aromatic rings. The van der Waals surface area contributed by atoms with Crippen LogP contribution in [0.5, 0.6) is 5.75 Å². The second kappa shape index (κ2) is 5.44. The van der Waals surface area contributed by atoms with Crippen molar-refractivity contribution in [2.24, 2.45) is 5.84 Å². The average Bonchev–Trinajstić information content (AvgIpc) is 2.88. The first-order valence-corrected chi connectivity index (χ1v) is 5.14. The summed E-state index contributed by atoms with van der Waals surface area (Å²) in [4.78, 5) is 11.1. The van der Waals surface area contributed by atoms with Gasteiger partial charge in [-0.1, -0.05) is 5.16 Å². The Bertz CT molecular complexity index is 601. The van der Waals surface area contributed by atoms with Crippen LogP contribution in [0.1, 0.15) is 16.2 Å². The van der Waals surface area contributed by atoms with Gasteiger partial charge in [0, 0.05) is 12.1 Å². The molecule has 0 spiro atoms. The monoisotopic (exact) mass is 269 g/mol. The van der Waals surface area contributed by atoms with Gasteiger partial charge in [-0.3, -0.25) is 10.2 Å². The van der Waals surface area contributed by atoms with E-state index in [0.29, 0.717) is 0 Å². The van der Waals surface area contributed by atoms with Gasteiger partial charge in [-0.25, -0.2) is 14.6 Å².